The first-order valence-corrected chi connectivity index (χ1v) is 7.18. The number of carbonyl (C=O) groups excluding carboxylic acids is 1. The minimum absolute atomic E-state index is 0.0606. The minimum Gasteiger partial charge on any atom is -0.346 e. The lowest BCUT2D eigenvalue weighted by molar-refractivity contribution is 0.0950. The van der Waals surface area contributed by atoms with Gasteiger partial charge in [0.2, 0.25) is 0 Å². The Morgan fingerprint density at radius 2 is 2.00 bits per heavy atom. The van der Waals surface area contributed by atoms with Gasteiger partial charge in [-0.05, 0) is 46.3 Å². The zero-order valence-electron chi connectivity index (χ0n) is 11.2. The number of rotatable bonds is 3. The number of fused-ring (bicyclic) bond motifs is 1. The Bertz CT molecular complexity index is 863. The second-order valence-electron chi connectivity index (χ2n) is 4.66. The molecule has 0 aliphatic carbocycles. The van der Waals surface area contributed by atoms with Crippen LogP contribution >= 0.6 is 15.9 Å². The number of carbonyl (C=O) groups is 1. The van der Waals surface area contributed by atoms with E-state index >= 15 is 0 Å². The van der Waals surface area contributed by atoms with E-state index in [0.29, 0.717) is 5.69 Å². The van der Waals surface area contributed by atoms with Gasteiger partial charge in [-0.15, -0.1) is 0 Å². The number of hydrogen-bond donors (Lipinski definition) is 1. The first kappa shape index (κ1) is 14.6. The van der Waals surface area contributed by atoms with Crippen molar-refractivity contribution in [3.63, 3.8) is 0 Å². The van der Waals surface area contributed by atoms with Gasteiger partial charge in [-0.25, -0.2) is 13.8 Å². The van der Waals surface area contributed by atoms with Crippen molar-refractivity contribution in [2.75, 3.05) is 0 Å². The summed E-state index contributed by atoms with van der Waals surface area (Å²) in [4.78, 5) is 16.3. The summed E-state index contributed by atoms with van der Waals surface area (Å²) in [5.41, 5.74) is 1.47. The molecule has 0 aliphatic rings. The Morgan fingerprint density at radius 3 is 2.77 bits per heavy atom. The molecule has 2 aromatic heterocycles. The standard InChI is InChI=1S/C15H10BrF2N3O/c16-10-2-4-14-20-11(8-21(14)7-10)6-19-15(22)9-1-3-12(17)13(18)5-9/h1-5,7-8H,6H2,(H,19,22). The summed E-state index contributed by atoms with van der Waals surface area (Å²) < 4.78 is 28.7. The van der Waals surface area contributed by atoms with Crippen LogP contribution in [-0.4, -0.2) is 15.3 Å². The third-order valence-electron chi connectivity index (χ3n) is 3.08. The van der Waals surface area contributed by atoms with Crippen molar-refractivity contribution < 1.29 is 13.6 Å². The van der Waals surface area contributed by atoms with Gasteiger partial charge in [0.25, 0.3) is 5.91 Å². The van der Waals surface area contributed by atoms with Crippen LogP contribution in [0.3, 0.4) is 0 Å². The van der Waals surface area contributed by atoms with Gasteiger partial charge < -0.3 is 9.72 Å². The van der Waals surface area contributed by atoms with Crippen LogP contribution in [-0.2, 0) is 6.54 Å². The molecule has 2 heterocycles. The van der Waals surface area contributed by atoms with Crippen LogP contribution in [0, 0.1) is 11.6 Å². The first-order chi connectivity index (χ1) is 10.5. The highest BCUT2D eigenvalue weighted by molar-refractivity contribution is 9.10. The molecule has 1 amide bonds. The van der Waals surface area contributed by atoms with Crippen molar-refractivity contribution in [2.24, 2.45) is 0 Å². The Hall–Kier alpha value is -2.28. The van der Waals surface area contributed by atoms with Crippen molar-refractivity contribution in [1.82, 2.24) is 14.7 Å². The third kappa shape index (κ3) is 2.99. The van der Waals surface area contributed by atoms with Gasteiger partial charge >= 0.3 is 0 Å². The van der Waals surface area contributed by atoms with Crippen molar-refractivity contribution in [1.29, 1.82) is 0 Å². The van der Waals surface area contributed by atoms with Gasteiger partial charge in [-0.2, -0.15) is 0 Å². The van der Waals surface area contributed by atoms with Crippen molar-refractivity contribution in [3.8, 4) is 0 Å². The average molecular weight is 366 g/mol. The fraction of sp³-hybridized carbons (Fsp3) is 0.0667. The Kier molecular flexibility index (Phi) is 3.89. The summed E-state index contributed by atoms with van der Waals surface area (Å²) in [6.07, 6.45) is 3.63. The molecule has 1 aromatic carbocycles. The van der Waals surface area contributed by atoms with E-state index in [1.807, 2.05) is 22.7 Å². The molecular formula is C15H10BrF2N3O. The Balaban J connectivity index is 1.72. The molecule has 4 nitrogen and oxygen atoms in total. The molecule has 0 unspecified atom stereocenters. The monoisotopic (exact) mass is 365 g/mol. The van der Waals surface area contributed by atoms with Crippen LogP contribution in [0.15, 0.2) is 47.2 Å². The number of benzene rings is 1. The molecule has 22 heavy (non-hydrogen) atoms. The van der Waals surface area contributed by atoms with Gasteiger partial charge in [0.15, 0.2) is 11.6 Å². The van der Waals surface area contributed by atoms with Gasteiger partial charge in [0.1, 0.15) is 5.65 Å². The van der Waals surface area contributed by atoms with E-state index in [1.165, 1.54) is 6.07 Å². The van der Waals surface area contributed by atoms with E-state index < -0.39 is 17.5 Å². The third-order valence-corrected chi connectivity index (χ3v) is 3.55. The molecule has 0 fully saturated rings. The van der Waals surface area contributed by atoms with E-state index in [4.69, 9.17) is 0 Å². The summed E-state index contributed by atoms with van der Waals surface area (Å²) in [5, 5.41) is 2.62. The Morgan fingerprint density at radius 1 is 1.18 bits per heavy atom. The van der Waals surface area contributed by atoms with Crippen LogP contribution in [0.2, 0.25) is 0 Å². The molecule has 0 saturated carbocycles. The van der Waals surface area contributed by atoms with Crippen LogP contribution in [0.5, 0.6) is 0 Å². The molecule has 0 spiro atoms. The lowest BCUT2D eigenvalue weighted by Crippen LogP contribution is -2.23. The summed E-state index contributed by atoms with van der Waals surface area (Å²) in [5.74, 6) is -2.52. The van der Waals surface area contributed by atoms with Crippen molar-refractivity contribution >= 4 is 27.5 Å². The van der Waals surface area contributed by atoms with E-state index in [0.717, 1.165) is 22.3 Å². The number of imidazole rings is 1. The lowest BCUT2D eigenvalue weighted by Gasteiger charge is -2.03. The second kappa shape index (κ2) is 5.84. The molecule has 0 aliphatic heterocycles. The maximum absolute atomic E-state index is 13.1. The molecule has 3 rings (SSSR count). The predicted octanol–water partition coefficient (Wildman–Crippen LogP) is 3.31. The summed E-state index contributed by atoms with van der Waals surface area (Å²) in [7, 11) is 0. The van der Waals surface area contributed by atoms with Gasteiger partial charge in [-0.3, -0.25) is 4.79 Å². The highest BCUT2D eigenvalue weighted by Crippen LogP contribution is 2.13. The van der Waals surface area contributed by atoms with E-state index in [9.17, 15) is 13.6 Å². The van der Waals surface area contributed by atoms with Gasteiger partial charge in [0.05, 0.1) is 12.2 Å². The van der Waals surface area contributed by atoms with Crippen LogP contribution in [0.1, 0.15) is 16.1 Å². The number of hydrogen-bond acceptors (Lipinski definition) is 2. The zero-order chi connectivity index (χ0) is 15.7. The highest BCUT2D eigenvalue weighted by atomic mass is 79.9. The largest absolute Gasteiger partial charge is 0.346 e. The number of pyridine rings is 1. The topological polar surface area (TPSA) is 46.4 Å². The maximum Gasteiger partial charge on any atom is 0.251 e. The minimum atomic E-state index is -1.05. The predicted molar refractivity (Wildman–Crippen MR) is 80.4 cm³/mol. The SMILES string of the molecule is O=C(NCc1cn2cc(Br)ccc2n1)c1ccc(F)c(F)c1. The molecule has 0 saturated heterocycles. The lowest BCUT2D eigenvalue weighted by atomic mass is 10.2. The van der Waals surface area contributed by atoms with Crippen LogP contribution in [0.25, 0.3) is 5.65 Å². The Labute approximate surface area is 132 Å². The molecule has 112 valence electrons. The molecule has 3 aromatic rings. The molecule has 7 heteroatoms. The zero-order valence-corrected chi connectivity index (χ0v) is 12.8. The molecule has 1 N–H and O–H groups in total. The average Bonchev–Trinajstić information content (AvgIpc) is 2.89. The summed E-state index contributed by atoms with van der Waals surface area (Å²) in [6, 6.07) is 6.73. The number of nitrogens with one attached hydrogen (secondary N) is 1. The quantitative estimate of drug-likeness (QED) is 0.773. The van der Waals surface area contributed by atoms with Crippen molar-refractivity contribution in [3.05, 3.63) is 70.1 Å². The number of aromatic nitrogens is 2. The number of halogens is 3. The summed E-state index contributed by atoms with van der Waals surface area (Å²) in [6.45, 7) is 0.192. The fourth-order valence-electron chi connectivity index (χ4n) is 2.01. The second-order valence-corrected chi connectivity index (χ2v) is 5.57. The van der Waals surface area contributed by atoms with Crippen LogP contribution in [0.4, 0.5) is 8.78 Å². The summed E-state index contributed by atoms with van der Waals surface area (Å²) >= 11 is 3.36. The van der Waals surface area contributed by atoms with Crippen molar-refractivity contribution in [2.45, 2.75) is 6.54 Å². The molecular weight excluding hydrogens is 356 g/mol. The molecule has 0 atom stereocenters. The molecule has 0 bridgehead atoms. The highest BCUT2D eigenvalue weighted by Gasteiger charge is 2.10. The van der Waals surface area contributed by atoms with E-state index in [-0.39, 0.29) is 12.1 Å². The normalized spacial score (nSPS) is 10.9. The van der Waals surface area contributed by atoms with E-state index in [2.05, 4.69) is 26.2 Å². The van der Waals surface area contributed by atoms with E-state index in [1.54, 1.807) is 6.20 Å². The number of amides is 1. The number of nitrogens with zero attached hydrogens (tertiary/aromatic N) is 2. The van der Waals surface area contributed by atoms with Gasteiger partial charge in [-0.1, -0.05) is 0 Å². The van der Waals surface area contributed by atoms with Gasteiger partial charge in [0, 0.05) is 22.4 Å². The van der Waals surface area contributed by atoms with Crippen LogP contribution < -0.4 is 5.32 Å². The fourth-order valence-corrected chi connectivity index (χ4v) is 2.37. The smallest absolute Gasteiger partial charge is 0.251 e. The first-order valence-electron chi connectivity index (χ1n) is 6.39. The maximum atomic E-state index is 13.1. The molecule has 0 radical (unpaired) electrons.